The lowest BCUT2D eigenvalue weighted by atomic mass is 9.80. The van der Waals surface area contributed by atoms with Crippen LogP contribution in [-0.2, 0) is 31.1 Å². The Bertz CT molecular complexity index is 1450. The van der Waals surface area contributed by atoms with Crippen molar-refractivity contribution in [3.8, 4) is 0 Å². The zero-order valence-electron chi connectivity index (χ0n) is 21.1. The molecule has 2 aliphatic heterocycles. The summed E-state index contributed by atoms with van der Waals surface area (Å²) in [7, 11) is 1.89. The number of hydrogen-bond donors (Lipinski definition) is 4. The average molecular weight is 606 g/mol. The van der Waals surface area contributed by atoms with E-state index in [1.165, 1.54) is 33.8 Å². The van der Waals surface area contributed by atoms with Gasteiger partial charge in [0.1, 0.15) is 29.9 Å². The number of aromatic nitrogens is 2. The number of carbonyl (C=O) groups is 4. The monoisotopic (exact) mass is 605 g/mol. The van der Waals surface area contributed by atoms with Crippen LogP contribution in [0.15, 0.2) is 51.2 Å². The number of nitrogen functional groups attached to an aromatic ring is 1. The lowest BCUT2D eigenvalue weighted by Gasteiger charge is -2.49. The van der Waals surface area contributed by atoms with Gasteiger partial charge in [-0.25, -0.2) is 14.6 Å². The number of β-lactam (4-membered cyclic amide) rings is 1. The Labute approximate surface area is 240 Å². The molecule has 2 aromatic rings. The van der Waals surface area contributed by atoms with Crippen LogP contribution >= 0.6 is 34.9 Å². The summed E-state index contributed by atoms with van der Waals surface area (Å²) in [5.41, 5.74) is 4.46. The first-order chi connectivity index (χ1) is 19.1. The van der Waals surface area contributed by atoms with Gasteiger partial charge in [0, 0.05) is 41.9 Å². The molecule has 40 heavy (non-hydrogen) atoms. The fourth-order valence-corrected chi connectivity index (χ4v) is 7.42. The van der Waals surface area contributed by atoms with Crippen LogP contribution in [-0.4, -0.2) is 78.1 Å². The van der Waals surface area contributed by atoms with Crippen molar-refractivity contribution in [3.05, 3.63) is 46.7 Å². The SMILES string of the molecule is C[n+]1ccccc1SCC1=C(C(=O)O)N2C(=O)[C@@H](NC(=O)/C(=N\OC3(C(=O)O)CCC3)c3csc(N)n3)[C@H]2SC1. The van der Waals surface area contributed by atoms with Crippen LogP contribution in [0.4, 0.5) is 5.13 Å². The van der Waals surface area contributed by atoms with Gasteiger partial charge < -0.3 is 26.1 Å². The zero-order valence-corrected chi connectivity index (χ0v) is 23.6. The van der Waals surface area contributed by atoms with Crippen LogP contribution in [0.5, 0.6) is 0 Å². The van der Waals surface area contributed by atoms with Crippen molar-refractivity contribution in [1.82, 2.24) is 15.2 Å². The van der Waals surface area contributed by atoms with E-state index in [1.807, 2.05) is 36.0 Å². The second-order valence-electron chi connectivity index (χ2n) is 9.31. The van der Waals surface area contributed by atoms with Crippen LogP contribution in [0.3, 0.4) is 0 Å². The maximum atomic E-state index is 13.3. The lowest BCUT2D eigenvalue weighted by molar-refractivity contribution is -0.708. The summed E-state index contributed by atoms with van der Waals surface area (Å²) in [6, 6.07) is 4.69. The molecule has 5 N–H and O–H groups in total. The number of anilines is 1. The first-order valence-corrected chi connectivity index (χ1v) is 15.0. The Morgan fingerprint density at radius 2 is 2.12 bits per heavy atom. The topological polar surface area (TPSA) is 188 Å². The zero-order chi connectivity index (χ0) is 28.6. The summed E-state index contributed by atoms with van der Waals surface area (Å²) in [6.07, 6.45) is 3.01. The fraction of sp³-hybridized carbons (Fsp3) is 0.375. The number of carbonyl (C=O) groups excluding carboxylic acids is 2. The molecule has 5 rings (SSSR count). The molecular formula is C24H25N6O7S3+. The van der Waals surface area contributed by atoms with Gasteiger partial charge in [-0.05, 0) is 18.1 Å². The number of thioether (sulfide) groups is 2. The molecule has 1 saturated heterocycles. The number of nitrogens with one attached hydrogen (secondary N) is 1. The van der Waals surface area contributed by atoms with Crippen molar-refractivity contribution in [2.24, 2.45) is 12.2 Å². The van der Waals surface area contributed by atoms with E-state index in [0.717, 1.165) is 16.4 Å². The van der Waals surface area contributed by atoms with Crippen LogP contribution in [0, 0.1) is 0 Å². The number of pyridine rings is 1. The van der Waals surface area contributed by atoms with Gasteiger partial charge in [-0.1, -0.05) is 16.9 Å². The highest BCUT2D eigenvalue weighted by Gasteiger charge is 2.54. The molecule has 2 atom stereocenters. The number of carboxylic acid groups (broad SMARTS) is 2. The Morgan fingerprint density at radius 1 is 1.35 bits per heavy atom. The van der Waals surface area contributed by atoms with Crippen LogP contribution in [0.2, 0.25) is 0 Å². The Morgan fingerprint density at radius 3 is 2.73 bits per heavy atom. The second kappa shape index (κ2) is 11.1. The minimum absolute atomic E-state index is 0.0688. The minimum Gasteiger partial charge on any atom is -0.478 e. The largest absolute Gasteiger partial charge is 0.478 e. The molecule has 0 spiro atoms. The summed E-state index contributed by atoms with van der Waals surface area (Å²) < 4.78 is 1.92. The Kier molecular flexibility index (Phi) is 7.74. The number of amides is 2. The molecule has 1 saturated carbocycles. The molecule has 2 aromatic heterocycles. The van der Waals surface area contributed by atoms with Crippen molar-refractivity contribution < 1.29 is 38.8 Å². The maximum absolute atomic E-state index is 13.3. The second-order valence-corrected chi connectivity index (χ2v) is 12.3. The molecule has 16 heteroatoms. The molecule has 2 amide bonds. The van der Waals surface area contributed by atoms with Crippen molar-refractivity contribution in [2.45, 2.75) is 41.3 Å². The van der Waals surface area contributed by atoms with Crippen molar-refractivity contribution in [3.63, 3.8) is 0 Å². The third kappa shape index (κ3) is 5.13. The standard InChI is InChI=1S/C24H24N6O7S3/c1-29-8-3-2-5-14(29)38-9-12-10-39-20-16(19(32)30(20)17(12)21(33)34)27-18(31)15(13-11-40-23(25)26-13)28-37-24(22(35)36)6-4-7-24/h2-3,5,8,11,16,20H,4,6-7,9-10H2,1H3,(H4-,25,26,27,31,33,34,35,36)/p+1/b28-15-/t16-,20-/m1/s1. The number of hydrogen-bond acceptors (Lipinski definition) is 11. The van der Waals surface area contributed by atoms with E-state index in [2.05, 4.69) is 15.5 Å². The van der Waals surface area contributed by atoms with Gasteiger partial charge in [-0.15, -0.1) is 23.1 Å². The minimum atomic E-state index is -1.53. The van der Waals surface area contributed by atoms with Gasteiger partial charge in [0.25, 0.3) is 11.8 Å². The summed E-state index contributed by atoms with van der Waals surface area (Å²) in [5, 5.41) is 27.9. The van der Waals surface area contributed by atoms with E-state index >= 15 is 0 Å². The first-order valence-electron chi connectivity index (χ1n) is 12.1. The highest BCUT2D eigenvalue weighted by atomic mass is 32.2. The van der Waals surface area contributed by atoms with Crippen LogP contribution in [0.1, 0.15) is 25.0 Å². The fourth-order valence-electron chi connectivity index (χ4n) is 4.40. The molecule has 13 nitrogen and oxygen atoms in total. The number of carboxylic acids is 2. The van der Waals surface area contributed by atoms with E-state index in [-0.39, 0.29) is 35.1 Å². The summed E-state index contributed by atoms with van der Waals surface area (Å²) in [4.78, 5) is 60.9. The number of fused-ring (bicyclic) bond motifs is 1. The van der Waals surface area contributed by atoms with E-state index in [1.54, 1.807) is 0 Å². The summed E-state index contributed by atoms with van der Waals surface area (Å²) >= 11 is 3.87. The first kappa shape index (κ1) is 27.9. The molecule has 1 aliphatic carbocycles. The number of nitrogens with two attached hydrogens (primary N) is 1. The number of oxime groups is 1. The van der Waals surface area contributed by atoms with Crippen molar-refractivity contribution in [2.75, 3.05) is 17.2 Å². The normalized spacial score (nSPS) is 21.7. The van der Waals surface area contributed by atoms with Crippen molar-refractivity contribution in [1.29, 1.82) is 0 Å². The molecule has 0 aromatic carbocycles. The number of rotatable bonds is 10. The molecule has 210 valence electrons. The molecule has 0 bridgehead atoms. The summed E-state index contributed by atoms with van der Waals surface area (Å²) in [6.45, 7) is 0. The van der Waals surface area contributed by atoms with Gasteiger partial charge in [0.15, 0.2) is 17.0 Å². The predicted octanol–water partition coefficient (Wildman–Crippen LogP) is 0.809. The molecule has 0 radical (unpaired) electrons. The number of aliphatic carboxylic acids is 2. The van der Waals surface area contributed by atoms with Crippen LogP contribution in [0.25, 0.3) is 0 Å². The van der Waals surface area contributed by atoms with Gasteiger partial charge in [0.2, 0.25) is 10.6 Å². The number of nitrogens with zero attached hydrogens (tertiary/aromatic N) is 4. The van der Waals surface area contributed by atoms with E-state index in [9.17, 15) is 29.4 Å². The van der Waals surface area contributed by atoms with E-state index in [4.69, 9.17) is 10.6 Å². The van der Waals surface area contributed by atoms with Crippen molar-refractivity contribution >= 4 is 69.5 Å². The smallest absolute Gasteiger partial charge is 0.352 e. The van der Waals surface area contributed by atoms with Gasteiger partial charge in [-0.2, -0.15) is 4.57 Å². The molecule has 2 fully saturated rings. The van der Waals surface area contributed by atoms with Gasteiger partial charge in [0.05, 0.1) is 0 Å². The Balaban J connectivity index is 1.33. The molecule has 0 unspecified atom stereocenters. The van der Waals surface area contributed by atoms with Gasteiger partial charge >= 0.3 is 11.9 Å². The molecule has 4 heterocycles. The third-order valence-electron chi connectivity index (χ3n) is 6.78. The van der Waals surface area contributed by atoms with Gasteiger partial charge in [-0.3, -0.25) is 14.5 Å². The third-order valence-corrected chi connectivity index (χ3v) is 10.0. The maximum Gasteiger partial charge on any atom is 0.352 e. The van der Waals surface area contributed by atoms with E-state index in [0.29, 0.717) is 23.5 Å². The molecule has 3 aliphatic rings. The lowest BCUT2D eigenvalue weighted by Crippen LogP contribution is -2.71. The summed E-state index contributed by atoms with van der Waals surface area (Å²) in [5.74, 6) is -3.06. The number of thiazole rings is 1. The highest BCUT2D eigenvalue weighted by molar-refractivity contribution is 8.01. The quantitative estimate of drug-likeness (QED) is 0.0986. The average Bonchev–Trinajstić information content (AvgIpc) is 3.32. The predicted molar refractivity (Wildman–Crippen MR) is 146 cm³/mol. The highest BCUT2D eigenvalue weighted by Crippen LogP contribution is 2.41. The molecular weight excluding hydrogens is 581 g/mol. The van der Waals surface area contributed by atoms with Crippen LogP contribution < -0.4 is 15.6 Å². The van der Waals surface area contributed by atoms with E-state index < -0.39 is 40.8 Å². The Hall–Kier alpha value is -3.63. The number of aryl methyl sites for hydroxylation is 1.